The van der Waals surface area contributed by atoms with Crippen LogP contribution in [0, 0.1) is 5.82 Å². The zero-order valence-corrected chi connectivity index (χ0v) is 11.9. The van der Waals surface area contributed by atoms with E-state index < -0.39 is 0 Å². The van der Waals surface area contributed by atoms with E-state index in [4.69, 9.17) is 10.5 Å². The Balaban J connectivity index is 1.88. The lowest BCUT2D eigenvalue weighted by Crippen LogP contribution is -2.24. The molecule has 3 aromatic rings. The van der Waals surface area contributed by atoms with Gasteiger partial charge in [0, 0.05) is 41.2 Å². The van der Waals surface area contributed by atoms with Crippen molar-refractivity contribution in [3.8, 4) is 16.9 Å². The third-order valence-electron chi connectivity index (χ3n) is 4.03. The van der Waals surface area contributed by atoms with Gasteiger partial charge in [0.1, 0.15) is 17.7 Å². The quantitative estimate of drug-likeness (QED) is 0.789. The zero-order chi connectivity index (χ0) is 15.1. The molecule has 1 aliphatic heterocycles. The number of benzene rings is 2. The van der Waals surface area contributed by atoms with Crippen molar-refractivity contribution in [3.05, 3.63) is 60.0 Å². The van der Waals surface area contributed by atoms with Gasteiger partial charge in [0.05, 0.1) is 5.52 Å². The summed E-state index contributed by atoms with van der Waals surface area (Å²) in [6.07, 6.45) is 2.33. The van der Waals surface area contributed by atoms with Gasteiger partial charge in [0.2, 0.25) is 0 Å². The Kier molecular flexibility index (Phi) is 3.05. The van der Waals surface area contributed by atoms with Crippen molar-refractivity contribution in [3.63, 3.8) is 0 Å². The Morgan fingerprint density at radius 2 is 2.09 bits per heavy atom. The SMILES string of the molecule is NCC1Cc2cc(F)cc(-c3cnc4ccccc4c3)c2O1. The van der Waals surface area contributed by atoms with E-state index in [9.17, 15) is 4.39 Å². The molecule has 110 valence electrons. The maximum Gasteiger partial charge on any atom is 0.131 e. The Labute approximate surface area is 127 Å². The fraction of sp³-hybridized carbons (Fsp3) is 0.167. The van der Waals surface area contributed by atoms with Gasteiger partial charge >= 0.3 is 0 Å². The Morgan fingerprint density at radius 3 is 2.95 bits per heavy atom. The van der Waals surface area contributed by atoms with E-state index in [0.29, 0.717) is 13.0 Å². The zero-order valence-electron chi connectivity index (χ0n) is 11.9. The average molecular weight is 294 g/mol. The maximum absolute atomic E-state index is 13.9. The van der Waals surface area contributed by atoms with Crippen molar-refractivity contribution in [2.45, 2.75) is 12.5 Å². The number of para-hydroxylation sites is 1. The highest BCUT2D eigenvalue weighted by Gasteiger charge is 2.26. The summed E-state index contributed by atoms with van der Waals surface area (Å²) in [5, 5.41) is 1.02. The molecule has 22 heavy (non-hydrogen) atoms. The normalized spacial score (nSPS) is 16.5. The lowest BCUT2D eigenvalue weighted by atomic mass is 10.0. The second kappa shape index (κ2) is 5.07. The largest absolute Gasteiger partial charge is 0.488 e. The van der Waals surface area contributed by atoms with Crippen molar-refractivity contribution in [2.24, 2.45) is 5.73 Å². The average Bonchev–Trinajstić information content (AvgIpc) is 2.96. The van der Waals surface area contributed by atoms with Crippen LogP contribution < -0.4 is 10.5 Å². The molecule has 3 nitrogen and oxygen atoms in total. The number of pyridine rings is 1. The second-order valence-corrected chi connectivity index (χ2v) is 5.54. The molecule has 0 saturated carbocycles. The molecule has 0 amide bonds. The molecule has 1 atom stereocenters. The van der Waals surface area contributed by atoms with Crippen LogP contribution in [-0.2, 0) is 6.42 Å². The first-order chi connectivity index (χ1) is 10.7. The monoisotopic (exact) mass is 294 g/mol. The van der Waals surface area contributed by atoms with Crippen molar-refractivity contribution < 1.29 is 9.13 Å². The van der Waals surface area contributed by atoms with Crippen molar-refractivity contribution in [2.75, 3.05) is 6.54 Å². The summed E-state index contributed by atoms with van der Waals surface area (Å²) in [4.78, 5) is 4.45. The number of fused-ring (bicyclic) bond motifs is 2. The van der Waals surface area contributed by atoms with Gasteiger partial charge in [-0.05, 0) is 24.3 Å². The summed E-state index contributed by atoms with van der Waals surface area (Å²) in [5.74, 6) is 0.470. The molecule has 0 bridgehead atoms. The van der Waals surface area contributed by atoms with Crippen LogP contribution in [0.3, 0.4) is 0 Å². The van der Waals surface area contributed by atoms with E-state index >= 15 is 0 Å². The lowest BCUT2D eigenvalue weighted by Gasteiger charge is -2.11. The van der Waals surface area contributed by atoms with E-state index in [2.05, 4.69) is 4.98 Å². The van der Waals surface area contributed by atoms with E-state index in [1.807, 2.05) is 30.3 Å². The van der Waals surface area contributed by atoms with Gasteiger partial charge in [0.15, 0.2) is 0 Å². The number of rotatable bonds is 2. The van der Waals surface area contributed by atoms with E-state index in [-0.39, 0.29) is 11.9 Å². The molecule has 0 spiro atoms. The van der Waals surface area contributed by atoms with E-state index in [1.54, 1.807) is 6.20 Å². The Bertz CT molecular complexity index is 863. The standard InChI is InChI=1S/C18H15FN2O/c19-14-6-12-7-15(9-20)22-18(12)16(8-14)13-5-11-3-1-2-4-17(11)21-10-13/h1-6,8,10,15H,7,9,20H2. The Hall–Kier alpha value is -2.46. The minimum absolute atomic E-state index is 0.0797. The summed E-state index contributed by atoms with van der Waals surface area (Å²) < 4.78 is 19.8. The molecule has 1 unspecified atom stereocenters. The van der Waals surface area contributed by atoms with Gasteiger partial charge in [-0.3, -0.25) is 4.98 Å². The van der Waals surface area contributed by atoms with Crippen molar-refractivity contribution in [1.82, 2.24) is 4.98 Å². The molecule has 2 heterocycles. The van der Waals surface area contributed by atoms with Crippen molar-refractivity contribution >= 4 is 10.9 Å². The van der Waals surface area contributed by atoms with Gasteiger partial charge in [-0.15, -0.1) is 0 Å². The van der Waals surface area contributed by atoms with Gasteiger partial charge in [0.25, 0.3) is 0 Å². The fourth-order valence-electron chi connectivity index (χ4n) is 2.96. The summed E-state index contributed by atoms with van der Waals surface area (Å²) in [7, 11) is 0. The molecule has 0 radical (unpaired) electrons. The number of aromatic nitrogens is 1. The predicted molar refractivity (Wildman–Crippen MR) is 84.3 cm³/mol. The topological polar surface area (TPSA) is 48.1 Å². The van der Waals surface area contributed by atoms with E-state index in [0.717, 1.165) is 33.3 Å². The smallest absolute Gasteiger partial charge is 0.131 e. The van der Waals surface area contributed by atoms with Crippen LogP contribution in [0.4, 0.5) is 4.39 Å². The summed E-state index contributed by atoms with van der Waals surface area (Å²) in [5.41, 5.74) is 9.07. The molecule has 0 saturated heterocycles. The molecule has 0 aliphatic carbocycles. The van der Waals surface area contributed by atoms with Crippen LogP contribution in [0.25, 0.3) is 22.0 Å². The highest BCUT2D eigenvalue weighted by atomic mass is 19.1. The molecule has 0 fully saturated rings. The van der Waals surface area contributed by atoms with Gasteiger partial charge in [-0.25, -0.2) is 4.39 Å². The number of hydrogen-bond acceptors (Lipinski definition) is 3. The Morgan fingerprint density at radius 1 is 1.23 bits per heavy atom. The molecule has 4 rings (SSSR count). The van der Waals surface area contributed by atoms with Crippen LogP contribution in [-0.4, -0.2) is 17.6 Å². The van der Waals surface area contributed by atoms with Gasteiger partial charge in [-0.1, -0.05) is 18.2 Å². The molecule has 2 aromatic carbocycles. The van der Waals surface area contributed by atoms with Gasteiger partial charge in [-0.2, -0.15) is 0 Å². The summed E-state index contributed by atoms with van der Waals surface area (Å²) in [6.45, 7) is 0.422. The van der Waals surface area contributed by atoms with Crippen LogP contribution in [0.2, 0.25) is 0 Å². The van der Waals surface area contributed by atoms with E-state index in [1.165, 1.54) is 12.1 Å². The second-order valence-electron chi connectivity index (χ2n) is 5.54. The summed E-state index contributed by atoms with van der Waals surface area (Å²) >= 11 is 0. The first kappa shape index (κ1) is 13.2. The minimum Gasteiger partial charge on any atom is -0.488 e. The molecule has 4 heteroatoms. The van der Waals surface area contributed by atoms with Crippen LogP contribution in [0.5, 0.6) is 5.75 Å². The fourth-order valence-corrected chi connectivity index (χ4v) is 2.96. The molecule has 2 N–H and O–H groups in total. The van der Waals surface area contributed by atoms with Crippen molar-refractivity contribution in [1.29, 1.82) is 0 Å². The first-order valence-corrected chi connectivity index (χ1v) is 7.29. The number of nitrogens with two attached hydrogens (primary N) is 1. The predicted octanol–water partition coefficient (Wildman–Crippen LogP) is 3.30. The molecule has 1 aromatic heterocycles. The minimum atomic E-state index is -0.261. The van der Waals surface area contributed by atoms with Crippen LogP contribution in [0.15, 0.2) is 48.7 Å². The van der Waals surface area contributed by atoms with Gasteiger partial charge < -0.3 is 10.5 Å². The number of nitrogens with zero attached hydrogens (tertiary/aromatic N) is 1. The number of hydrogen-bond donors (Lipinski definition) is 1. The maximum atomic E-state index is 13.9. The van der Waals surface area contributed by atoms with Crippen LogP contribution in [0.1, 0.15) is 5.56 Å². The molecular formula is C18H15FN2O. The lowest BCUT2D eigenvalue weighted by molar-refractivity contribution is 0.242. The highest BCUT2D eigenvalue weighted by Crippen LogP contribution is 2.39. The van der Waals surface area contributed by atoms with Crippen LogP contribution >= 0.6 is 0 Å². The summed E-state index contributed by atoms with van der Waals surface area (Å²) in [6, 6.07) is 12.9. The molecular weight excluding hydrogens is 279 g/mol. The number of ether oxygens (including phenoxy) is 1. The highest BCUT2D eigenvalue weighted by molar-refractivity contribution is 5.85. The third-order valence-corrected chi connectivity index (χ3v) is 4.03. The molecule has 1 aliphatic rings. The first-order valence-electron chi connectivity index (χ1n) is 7.29. The third kappa shape index (κ3) is 2.12. The number of halogens is 1.